The first-order valence-corrected chi connectivity index (χ1v) is 20.5. The minimum atomic E-state index is -4.47. The molecule has 6 aromatic rings. The van der Waals surface area contributed by atoms with Crippen molar-refractivity contribution in [1.29, 1.82) is 5.26 Å². The Morgan fingerprint density at radius 1 is 0.583 bits per heavy atom. The van der Waals surface area contributed by atoms with Crippen molar-refractivity contribution in [3.8, 4) is 39.4 Å². The van der Waals surface area contributed by atoms with Gasteiger partial charge >= 0.3 is 6.18 Å². The van der Waals surface area contributed by atoms with Crippen LogP contribution >= 0.6 is 0 Å². The van der Waals surface area contributed by atoms with Gasteiger partial charge in [0.15, 0.2) is 0 Å². The molecule has 0 aromatic heterocycles. The molecular weight excluding hydrogens is 744 g/mol. The lowest BCUT2D eigenvalue weighted by Crippen LogP contribution is -2.28. The lowest BCUT2D eigenvalue weighted by Gasteiger charge is -2.28. The average Bonchev–Trinajstić information content (AvgIpc) is 3.80. The fraction of sp³-hybridized carbons (Fsp3) is 0.0893. The van der Waals surface area contributed by atoms with E-state index in [1.165, 1.54) is 66.6 Å². The van der Waals surface area contributed by atoms with E-state index >= 15 is 0 Å². The molecule has 284 valence electrons. The van der Waals surface area contributed by atoms with Gasteiger partial charge in [-0.3, -0.25) is 0 Å². The molecule has 0 saturated carbocycles. The third-order valence-corrected chi connectivity index (χ3v) is 13.4. The Bertz CT molecular complexity index is 3450. The van der Waals surface area contributed by atoms with Crippen molar-refractivity contribution in [3.63, 3.8) is 0 Å². The number of benzene rings is 6. The maximum absolute atomic E-state index is 14.5. The lowest BCUT2D eigenvalue weighted by molar-refractivity contribution is -0.163. The quantitative estimate of drug-likeness (QED) is 0.175. The van der Waals surface area contributed by atoms with E-state index in [0.29, 0.717) is 12.0 Å². The highest BCUT2D eigenvalue weighted by atomic mass is 19.4. The molecule has 0 saturated heterocycles. The Labute approximate surface area is 344 Å². The number of alkyl halides is 3. The fourth-order valence-corrected chi connectivity index (χ4v) is 10.9. The molecule has 0 N–H and O–H groups in total. The van der Waals surface area contributed by atoms with Gasteiger partial charge in [0, 0.05) is 11.5 Å². The van der Waals surface area contributed by atoms with Crippen LogP contribution in [-0.2, 0) is 0 Å². The molecule has 6 aliphatic carbocycles. The largest absolute Gasteiger partial charge is 0.396 e. The molecule has 0 fully saturated rings. The van der Waals surface area contributed by atoms with Gasteiger partial charge in [-0.05, 0) is 140 Å². The number of fused-ring (bicyclic) bond motifs is 6. The van der Waals surface area contributed by atoms with Crippen molar-refractivity contribution in [2.24, 2.45) is 11.8 Å². The van der Waals surface area contributed by atoms with E-state index in [1.54, 1.807) is 12.2 Å². The van der Waals surface area contributed by atoms with E-state index in [1.807, 2.05) is 18.2 Å². The number of hydrogen-bond donors (Lipinski definition) is 0. The Morgan fingerprint density at radius 2 is 1.27 bits per heavy atom. The number of halogens is 3. The fourth-order valence-electron chi connectivity index (χ4n) is 10.9. The zero-order valence-electron chi connectivity index (χ0n) is 32.3. The van der Waals surface area contributed by atoms with Crippen molar-refractivity contribution in [2.45, 2.75) is 19.0 Å². The summed E-state index contributed by atoms with van der Waals surface area (Å²) < 4.78 is 43.5. The van der Waals surface area contributed by atoms with E-state index in [-0.39, 0.29) is 23.5 Å². The van der Waals surface area contributed by atoms with Crippen LogP contribution in [0.5, 0.6) is 0 Å². The van der Waals surface area contributed by atoms with Crippen LogP contribution in [0.1, 0.15) is 29.5 Å². The second-order valence-corrected chi connectivity index (χ2v) is 16.4. The first-order valence-electron chi connectivity index (χ1n) is 20.5. The van der Waals surface area contributed by atoms with Crippen LogP contribution in [0.2, 0.25) is 0 Å². The third kappa shape index (κ3) is 4.93. The first-order chi connectivity index (χ1) is 29.4. The van der Waals surface area contributed by atoms with Crippen molar-refractivity contribution in [2.75, 3.05) is 0 Å². The smallest absolute Gasteiger partial charge is 0.193 e. The number of nitrogens with zero attached hydrogens (tertiary/aromatic N) is 1. The monoisotopic (exact) mass is 777 g/mol. The van der Waals surface area contributed by atoms with Crippen LogP contribution in [0.4, 0.5) is 13.2 Å². The predicted octanol–water partition coefficient (Wildman–Crippen LogP) is 12.7. The molecule has 0 heterocycles. The van der Waals surface area contributed by atoms with Gasteiger partial charge in [-0.2, -0.15) is 18.4 Å². The summed E-state index contributed by atoms with van der Waals surface area (Å²) in [6.45, 7) is 0. The molecule has 2 unspecified atom stereocenters. The molecule has 0 aliphatic heterocycles. The number of nitriles is 1. The molecular formula is C56H34F3N. The van der Waals surface area contributed by atoms with Crippen molar-refractivity contribution in [3.05, 3.63) is 218 Å². The van der Waals surface area contributed by atoms with Gasteiger partial charge in [0.25, 0.3) is 0 Å². The maximum atomic E-state index is 14.5. The average molecular weight is 778 g/mol. The van der Waals surface area contributed by atoms with E-state index in [4.69, 9.17) is 0 Å². The first kappa shape index (κ1) is 34.8. The summed E-state index contributed by atoms with van der Waals surface area (Å²) in [5, 5.41) is 16.3. The van der Waals surface area contributed by atoms with Crippen molar-refractivity contribution in [1.82, 2.24) is 0 Å². The molecule has 0 spiro atoms. The Hall–Kier alpha value is -7.22. The zero-order chi connectivity index (χ0) is 40.3. The molecule has 0 amide bonds. The summed E-state index contributed by atoms with van der Waals surface area (Å²) >= 11 is 0. The molecule has 12 rings (SSSR count). The maximum Gasteiger partial charge on any atom is 0.396 e. The van der Waals surface area contributed by atoms with Crippen molar-refractivity contribution >= 4 is 39.1 Å². The van der Waals surface area contributed by atoms with Crippen molar-refractivity contribution < 1.29 is 13.2 Å². The normalized spacial score (nSPS) is 20.0. The molecule has 0 bridgehead atoms. The molecule has 60 heavy (non-hydrogen) atoms. The minimum Gasteiger partial charge on any atom is -0.193 e. The highest BCUT2D eigenvalue weighted by Crippen LogP contribution is 2.55. The van der Waals surface area contributed by atoms with Gasteiger partial charge in [0.2, 0.25) is 0 Å². The SMILES string of the molecule is N#CC1=CC=C(C2=CC=CC(=c3ccc4c5c(cccc35)-c3c(-c5ccccc5)c5c(c(-c6ccccc6)c3=4)C=C3c4ccccc4C4=CC=CC=5C43)C2)C(C(F)(F)F)C1. The van der Waals surface area contributed by atoms with E-state index in [9.17, 15) is 18.4 Å². The number of rotatable bonds is 3. The predicted molar refractivity (Wildman–Crippen MR) is 237 cm³/mol. The topological polar surface area (TPSA) is 23.8 Å². The van der Waals surface area contributed by atoms with Crippen LogP contribution in [0.15, 0.2) is 181 Å². The van der Waals surface area contributed by atoms with Gasteiger partial charge < -0.3 is 0 Å². The number of hydrogen-bond acceptors (Lipinski definition) is 1. The lowest BCUT2D eigenvalue weighted by atomic mass is 9.74. The molecule has 4 heteroatoms. The molecule has 1 nitrogen and oxygen atoms in total. The minimum absolute atomic E-state index is 0.130. The van der Waals surface area contributed by atoms with Gasteiger partial charge in [0.05, 0.1) is 12.0 Å². The Morgan fingerprint density at radius 3 is 2.02 bits per heavy atom. The standard InChI is InChI=1S/C56H34F3N/c57-56(58,59)48-28-32(31-60)24-25-38(48)36-17-9-16-35(29-36)37-26-27-45-51-41(37)20-10-23-44(51)55-50(34-14-5-2-6-15-34)53-43-22-11-21-42-39-18-7-8-19-40(39)46(52(42)43)30-47(53)49(54(45)55)33-12-3-1-4-13-33/h1-27,30,48,52H,28-29H2. The highest BCUT2D eigenvalue weighted by Gasteiger charge is 2.44. The second-order valence-electron chi connectivity index (χ2n) is 16.4. The van der Waals surface area contributed by atoms with Crippen LogP contribution in [0, 0.1) is 33.6 Å². The molecule has 0 radical (unpaired) electrons. The Kier molecular flexibility index (Phi) is 7.47. The zero-order valence-corrected chi connectivity index (χ0v) is 32.3. The summed E-state index contributed by atoms with van der Waals surface area (Å²) in [5.74, 6) is -1.59. The molecule has 6 aromatic carbocycles. The van der Waals surface area contributed by atoms with Crippen LogP contribution in [0.25, 0.3) is 72.5 Å². The third-order valence-electron chi connectivity index (χ3n) is 13.4. The summed E-state index contributed by atoms with van der Waals surface area (Å²) in [6.07, 6.45) is 13.6. The van der Waals surface area contributed by atoms with Gasteiger partial charge in [-0.1, -0.05) is 158 Å². The van der Waals surface area contributed by atoms with E-state index < -0.39 is 12.1 Å². The summed E-state index contributed by atoms with van der Waals surface area (Å²) in [7, 11) is 0. The van der Waals surface area contributed by atoms with Crippen LogP contribution in [-0.4, -0.2) is 6.18 Å². The summed E-state index contributed by atoms with van der Waals surface area (Å²) in [6, 6.07) is 43.3. The van der Waals surface area contributed by atoms with Gasteiger partial charge in [0.1, 0.15) is 0 Å². The van der Waals surface area contributed by atoms with Crippen LogP contribution < -0.4 is 10.4 Å². The number of allylic oxidation sites excluding steroid dienone is 13. The van der Waals surface area contributed by atoms with Crippen LogP contribution in [0.3, 0.4) is 0 Å². The Balaban J connectivity index is 1.18. The second kappa shape index (κ2) is 12.9. The molecule has 2 atom stereocenters. The summed E-state index contributed by atoms with van der Waals surface area (Å²) in [4.78, 5) is 0. The van der Waals surface area contributed by atoms with Gasteiger partial charge in [-0.25, -0.2) is 0 Å². The van der Waals surface area contributed by atoms with Gasteiger partial charge in [-0.15, -0.1) is 0 Å². The van der Waals surface area contributed by atoms with E-state index in [0.717, 1.165) is 43.5 Å². The molecule has 6 aliphatic rings. The van der Waals surface area contributed by atoms with E-state index in [2.05, 4.69) is 140 Å². The highest BCUT2D eigenvalue weighted by molar-refractivity contribution is 6.14. The summed E-state index contributed by atoms with van der Waals surface area (Å²) in [5.41, 5.74) is 16.9.